The van der Waals surface area contributed by atoms with Crippen LogP contribution in [0.2, 0.25) is 10.0 Å². The summed E-state index contributed by atoms with van der Waals surface area (Å²) in [5, 5.41) is 1.61. The number of sulfonamides is 1. The largest absolute Gasteiger partial charge is 0.417 e. The molecule has 0 fully saturated rings. The van der Waals surface area contributed by atoms with E-state index in [1.807, 2.05) is 0 Å². The molecular weight excluding hydrogens is 531 g/mol. The van der Waals surface area contributed by atoms with E-state index in [0.717, 1.165) is 23.8 Å². The SMILES string of the molecule is Cc1ccc(S(=O)(=O)N(CC(=O)Nc2ccc(Cl)c(C(F)(F)F)c2)Cc2c(F)cccc2Cl)cc1. The van der Waals surface area contributed by atoms with Crippen LogP contribution in [0.3, 0.4) is 0 Å². The quantitative estimate of drug-likeness (QED) is 0.353. The van der Waals surface area contributed by atoms with E-state index >= 15 is 0 Å². The number of carbonyl (C=O) groups is 1. The highest BCUT2D eigenvalue weighted by Gasteiger charge is 2.34. The van der Waals surface area contributed by atoms with E-state index in [-0.39, 0.29) is 21.2 Å². The van der Waals surface area contributed by atoms with Gasteiger partial charge in [0.1, 0.15) is 5.82 Å². The minimum absolute atomic E-state index is 0.0537. The second kappa shape index (κ2) is 10.5. The number of nitrogens with zero attached hydrogens (tertiary/aromatic N) is 1. The summed E-state index contributed by atoms with van der Waals surface area (Å²) >= 11 is 11.6. The summed E-state index contributed by atoms with van der Waals surface area (Å²) in [4.78, 5) is 12.5. The molecule has 0 radical (unpaired) electrons. The van der Waals surface area contributed by atoms with E-state index in [2.05, 4.69) is 5.32 Å². The number of benzene rings is 3. The number of anilines is 1. The van der Waals surface area contributed by atoms with Crippen LogP contribution in [0.1, 0.15) is 16.7 Å². The van der Waals surface area contributed by atoms with Gasteiger partial charge in [-0.15, -0.1) is 0 Å². The highest BCUT2D eigenvalue weighted by Crippen LogP contribution is 2.36. The molecule has 0 heterocycles. The Balaban J connectivity index is 1.94. The van der Waals surface area contributed by atoms with Gasteiger partial charge >= 0.3 is 6.18 Å². The van der Waals surface area contributed by atoms with Crippen molar-refractivity contribution in [2.45, 2.75) is 24.5 Å². The molecule has 0 aliphatic rings. The van der Waals surface area contributed by atoms with Crippen LogP contribution >= 0.6 is 23.2 Å². The normalized spacial score (nSPS) is 12.1. The van der Waals surface area contributed by atoms with Crippen LogP contribution in [0, 0.1) is 12.7 Å². The van der Waals surface area contributed by atoms with Crippen molar-refractivity contribution in [3.05, 3.63) is 93.2 Å². The van der Waals surface area contributed by atoms with E-state index in [4.69, 9.17) is 23.2 Å². The third-order valence-corrected chi connectivity index (χ3v) is 7.42. The van der Waals surface area contributed by atoms with Gasteiger partial charge in [0.2, 0.25) is 15.9 Å². The Bertz CT molecular complexity index is 1330. The van der Waals surface area contributed by atoms with Gasteiger partial charge in [-0.05, 0) is 49.4 Å². The Labute approximate surface area is 209 Å². The maximum Gasteiger partial charge on any atom is 0.417 e. The highest BCUT2D eigenvalue weighted by molar-refractivity contribution is 7.89. The lowest BCUT2D eigenvalue weighted by atomic mass is 10.2. The zero-order chi connectivity index (χ0) is 26.0. The van der Waals surface area contributed by atoms with Gasteiger partial charge in [0.25, 0.3) is 0 Å². The van der Waals surface area contributed by atoms with Gasteiger partial charge in [0, 0.05) is 22.8 Å². The lowest BCUT2D eigenvalue weighted by Crippen LogP contribution is -2.38. The molecule has 0 aliphatic carbocycles. The van der Waals surface area contributed by atoms with Crippen LogP contribution in [0.4, 0.5) is 23.2 Å². The second-order valence-electron chi connectivity index (χ2n) is 7.53. The number of alkyl halides is 3. The molecule has 0 saturated carbocycles. The summed E-state index contributed by atoms with van der Waals surface area (Å²) in [5.74, 6) is -1.74. The minimum atomic E-state index is -4.76. The third-order valence-electron chi connectivity index (χ3n) is 4.93. The predicted octanol–water partition coefficient (Wildman–Crippen LogP) is 6.29. The predicted molar refractivity (Wildman–Crippen MR) is 125 cm³/mol. The van der Waals surface area contributed by atoms with Crippen LogP contribution in [0.5, 0.6) is 0 Å². The number of rotatable bonds is 7. The van der Waals surface area contributed by atoms with Crippen molar-refractivity contribution in [3.63, 3.8) is 0 Å². The number of carbonyl (C=O) groups excluding carboxylic acids is 1. The van der Waals surface area contributed by atoms with Crippen molar-refractivity contribution in [2.24, 2.45) is 0 Å². The molecule has 186 valence electrons. The molecule has 0 aliphatic heterocycles. The maximum absolute atomic E-state index is 14.4. The lowest BCUT2D eigenvalue weighted by Gasteiger charge is -2.23. The van der Waals surface area contributed by atoms with E-state index in [1.165, 1.54) is 24.3 Å². The number of hydrogen-bond acceptors (Lipinski definition) is 3. The summed E-state index contributed by atoms with van der Waals surface area (Å²) in [6.07, 6.45) is -4.76. The molecule has 0 atom stereocenters. The summed E-state index contributed by atoms with van der Waals surface area (Å²) in [6.45, 7) is 0.330. The van der Waals surface area contributed by atoms with Crippen molar-refractivity contribution in [1.82, 2.24) is 4.31 Å². The number of amides is 1. The molecule has 3 aromatic rings. The fraction of sp³-hybridized carbons (Fsp3) is 0.174. The fourth-order valence-electron chi connectivity index (χ4n) is 3.13. The summed E-state index contributed by atoms with van der Waals surface area (Å²) in [6, 6.07) is 12.3. The van der Waals surface area contributed by atoms with Crippen LogP contribution < -0.4 is 5.32 Å². The van der Waals surface area contributed by atoms with Gasteiger partial charge in [-0.2, -0.15) is 17.5 Å². The monoisotopic (exact) mass is 548 g/mol. The first-order valence-corrected chi connectivity index (χ1v) is 12.1. The van der Waals surface area contributed by atoms with Crippen LogP contribution in [-0.4, -0.2) is 25.2 Å². The lowest BCUT2D eigenvalue weighted by molar-refractivity contribution is -0.137. The zero-order valence-corrected chi connectivity index (χ0v) is 20.4. The standard InChI is InChI=1S/C23H18Cl2F4N2O3S/c1-14-5-8-16(9-6-14)35(33,34)31(12-17-19(24)3-2-4-21(17)26)13-22(32)30-15-7-10-20(25)18(11-15)23(27,28)29/h2-11H,12-13H2,1H3,(H,30,32). The molecule has 0 saturated heterocycles. The van der Waals surface area contributed by atoms with Crippen molar-refractivity contribution < 1.29 is 30.8 Å². The molecule has 3 rings (SSSR count). The molecule has 0 bridgehead atoms. The van der Waals surface area contributed by atoms with Crippen LogP contribution in [-0.2, 0) is 27.5 Å². The van der Waals surface area contributed by atoms with Gasteiger partial charge in [-0.3, -0.25) is 4.79 Å². The second-order valence-corrected chi connectivity index (χ2v) is 10.3. The Morgan fingerprint density at radius 1 is 1.00 bits per heavy atom. The van der Waals surface area contributed by atoms with E-state index in [1.54, 1.807) is 19.1 Å². The Morgan fingerprint density at radius 3 is 2.26 bits per heavy atom. The molecule has 5 nitrogen and oxygen atoms in total. The van der Waals surface area contributed by atoms with Gasteiger partial charge in [-0.1, -0.05) is 47.0 Å². The van der Waals surface area contributed by atoms with Gasteiger partial charge in [0.15, 0.2) is 0 Å². The molecule has 1 N–H and O–H groups in total. The van der Waals surface area contributed by atoms with E-state index in [0.29, 0.717) is 10.4 Å². The van der Waals surface area contributed by atoms with Crippen LogP contribution in [0.15, 0.2) is 65.6 Å². The Kier molecular flexibility index (Phi) is 8.10. The summed E-state index contributed by atoms with van der Waals surface area (Å²) in [7, 11) is -4.33. The maximum atomic E-state index is 14.4. The average molecular weight is 549 g/mol. The van der Waals surface area contributed by atoms with Gasteiger partial charge < -0.3 is 5.32 Å². The smallest absolute Gasteiger partial charge is 0.325 e. The first-order valence-electron chi connectivity index (χ1n) is 9.95. The van der Waals surface area contributed by atoms with Crippen molar-refractivity contribution in [3.8, 4) is 0 Å². The number of aryl methyl sites for hydroxylation is 1. The fourth-order valence-corrected chi connectivity index (χ4v) is 4.94. The summed E-state index contributed by atoms with van der Waals surface area (Å²) < 4.78 is 81.1. The van der Waals surface area contributed by atoms with Gasteiger partial charge in [0.05, 0.1) is 22.0 Å². The molecule has 0 spiro atoms. The first-order chi connectivity index (χ1) is 16.3. The molecular formula is C23H18Cl2F4N2O3S. The average Bonchev–Trinajstić information content (AvgIpc) is 2.76. The molecule has 12 heteroatoms. The molecule has 1 amide bonds. The van der Waals surface area contributed by atoms with Crippen LogP contribution in [0.25, 0.3) is 0 Å². The van der Waals surface area contributed by atoms with E-state index in [9.17, 15) is 30.8 Å². The van der Waals surface area contributed by atoms with E-state index < -0.39 is 51.6 Å². The Hall–Kier alpha value is -2.66. The highest BCUT2D eigenvalue weighted by atomic mass is 35.5. The van der Waals surface area contributed by atoms with Crippen molar-refractivity contribution in [2.75, 3.05) is 11.9 Å². The third kappa shape index (κ3) is 6.52. The number of halogens is 6. The summed E-state index contributed by atoms with van der Waals surface area (Å²) in [5.41, 5.74) is -0.792. The number of nitrogens with one attached hydrogen (secondary N) is 1. The molecule has 35 heavy (non-hydrogen) atoms. The molecule has 0 unspecified atom stereocenters. The first kappa shape index (κ1) is 26.9. The minimum Gasteiger partial charge on any atom is -0.325 e. The zero-order valence-electron chi connectivity index (χ0n) is 18.0. The van der Waals surface area contributed by atoms with Crippen molar-refractivity contribution in [1.29, 1.82) is 0 Å². The molecule has 0 aromatic heterocycles. The Morgan fingerprint density at radius 2 is 1.66 bits per heavy atom. The van der Waals surface area contributed by atoms with Crippen molar-refractivity contribution >= 4 is 44.8 Å². The topological polar surface area (TPSA) is 66.5 Å². The number of hydrogen-bond donors (Lipinski definition) is 1. The molecule has 3 aromatic carbocycles. The van der Waals surface area contributed by atoms with Gasteiger partial charge in [-0.25, -0.2) is 12.8 Å².